The number of carbonyl (C=O) groups excluding carboxylic acids is 1. The van der Waals surface area contributed by atoms with Gasteiger partial charge < -0.3 is 14.2 Å². The van der Waals surface area contributed by atoms with Crippen molar-refractivity contribution in [2.45, 2.75) is 6.92 Å². The summed E-state index contributed by atoms with van der Waals surface area (Å²) in [5, 5.41) is 0. The van der Waals surface area contributed by atoms with E-state index in [1.807, 2.05) is 0 Å². The SMILES string of the molecule is COc1cc(OC(C)=O)c(-c2ncccn2)cc1OC. The fourth-order valence-corrected chi connectivity index (χ4v) is 1.71. The average Bonchev–Trinajstić information content (AvgIpc) is 2.47. The van der Waals surface area contributed by atoms with E-state index in [2.05, 4.69) is 9.97 Å². The summed E-state index contributed by atoms with van der Waals surface area (Å²) in [5.74, 6) is 1.29. The van der Waals surface area contributed by atoms with Crippen LogP contribution in [-0.2, 0) is 4.79 Å². The molecule has 0 aliphatic carbocycles. The minimum Gasteiger partial charge on any atom is -0.493 e. The molecule has 6 heteroatoms. The lowest BCUT2D eigenvalue weighted by atomic mass is 10.1. The zero-order chi connectivity index (χ0) is 14.5. The molecular formula is C14H14N2O4. The summed E-state index contributed by atoms with van der Waals surface area (Å²) in [6, 6.07) is 4.95. The van der Waals surface area contributed by atoms with Crippen molar-refractivity contribution in [2.24, 2.45) is 0 Å². The van der Waals surface area contributed by atoms with Crippen molar-refractivity contribution < 1.29 is 19.0 Å². The number of esters is 1. The molecule has 0 bridgehead atoms. The smallest absolute Gasteiger partial charge is 0.308 e. The van der Waals surface area contributed by atoms with Gasteiger partial charge in [-0.1, -0.05) is 0 Å². The molecule has 0 amide bonds. The molecule has 0 atom stereocenters. The number of carbonyl (C=O) groups is 1. The highest BCUT2D eigenvalue weighted by atomic mass is 16.5. The third-order valence-corrected chi connectivity index (χ3v) is 2.55. The molecule has 0 fully saturated rings. The molecule has 104 valence electrons. The summed E-state index contributed by atoms with van der Waals surface area (Å²) in [6.45, 7) is 1.33. The standard InChI is InChI=1S/C14H14N2O4/c1-9(17)20-11-8-13(19-3)12(18-2)7-10(11)14-15-5-4-6-16-14/h4-8H,1-3H3. The summed E-state index contributed by atoms with van der Waals surface area (Å²) in [4.78, 5) is 19.5. The summed E-state index contributed by atoms with van der Waals surface area (Å²) in [6.07, 6.45) is 3.22. The summed E-state index contributed by atoms with van der Waals surface area (Å²) in [7, 11) is 3.03. The monoisotopic (exact) mass is 274 g/mol. The van der Waals surface area contributed by atoms with Gasteiger partial charge in [-0.25, -0.2) is 9.97 Å². The first-order chi connectivity index (χ1) is 9.65. The van der Waals surface area contributed by atoms with Crippen LogP contribution >= 0.6 is 0 Å². The van der Waals surface area contributed by atoms with Crippen molar-refractivity contribution in [1.82, 2.24) is 9.97 Å². The normalized spacial score (nSPS) is 9.95. The zero-order valence-electron chi connectivity index (χ0n) is 11.4. The molecular weight excluding hydrogens is 260 g/mol. The Morgan fingerprint density at radius 1 is 1.00 bits per heavy atom. The molecule has 0 unspecified atom stereocenters. The van der Waals surface area contributed by atoms with Crippen molar-refractivity contribution in [1.29, 1.82) is 0 Å². The molecule has 1 aromatic carbocycles. The van der Waals surface area contributed by atoms with E-state index in [9.17, 15) is 4.79 Å². The Balaban J connectivity index is 2.60. The molecule has 0 radical (unpaired) electrons. The number of aromatic nitrogens is 2. The Bertz CT molecular complexity index is 614. The van der Waals surface area contributed by atoms with Crippen LogP contribution in [0, 0.1) is 0 Å². The lowest BCUT2D eigenvalue weighted by molar-refractivity contribution is -0.131. The summed E-state index contributed by atoms with van der Waals surface area (Å²) >= 11 is 0. The zero-order valence-corrected chi connectivity index (χ0v) is 11.4. The number of methoxy groups -OCH3 is 2. The van der Waals surface area contributed by atoms with Gasteiger partial charge in [0.25, 0.3) is 0 Å². The Morgan fingerprint density at radius 3 is 2.15 bits per heavy atom. The Labute approximate surface area is 116 Å². The van der Waals surface area contributed by atoms with Crippen LogP contribution in [0.5, 0.6) is 17.2 Å². The molecule has 2 aromatic rings. The van der Waals surface area contributed by atoms with Crippen LogP contribution < -0.4 is 14.2 Å². The average molecular weight is 274 g/mol. The van der Waals surface area contributed by atoms with Gasteiger partial charge in [-0.15, -0.1) is 0 Å². The van der Waals surface area contributed by atoms with E-state index in [1.54, 1.807) is 30.6 Å². The minimum atomic E-state index is -0.436. The number of hydrogen-bond acceptors (Lipinski definition) is 6. The van der Waals surface area contributed by atoms with Gasteiger partial charge in [-0.2, -0.15) is 0 Å². The Kier molecular flexibility index (Phi) is 4.14. The third-order valence-electron chi connectivity index (χ3n) is 2.55. The quantitative estimate of drug-likeness (QED) is 0.628. The van der Waals surface area contributed by atoms with Crippen LogP contribution in [0.4, 0.5) is 0 Å². The minimum absolute atomic E-state index is 0.321. The highest BCUT2D eigenvalue weighted by Gasteiger charge is 2.16. The van der Waals surface area contributed by atoms with Crippen LogP contribution in [0.25, 0.3) is 11.4 Å². The lowest BCUT2D eigenvalue weighted by Gasteiger charge is -2.13. The second-order valence-corrected chi connectivity index (χ2v) is 3.87. The molecule has 2 rings (SSSR count). The van der Waals surface area contributed by atoms with Gasteiger partial charge in [0.1, 0.15) is 5.75 Å². The van der Waals surface area contributed by atoms with E-state index < -0.39 is 5.97 Å². The fourth-order valence-electron chi connectivity index (χ4n) is 1.71. The molecule has 0 aliphatic rings. The first-order valence-electron chi connectivity index (χ1n) is 5.87. The van der Waals surface area contributed by atoms with Crippen LogP contribution in [0.1, 0.15) is 6.92 Å². The summed E-state index contributed by atoms with van der Waals surface area (Å²) < 4.78 is 15.6. The number of benzene rings is 1. The van der Waals surface area contributed by atoms with Gasteiger partial charge in [0.15, 0.2) is 17.3 Å². The van der Waals surface area contributed by atoms with E-state index in [0.717, 1.165) is 0 Å². The topological polar surface area (TPSA) is 70.5 Å². The van der Waals surface area contributed by atoms with Crippen molar-refractivity contribution in [3.8, 4) is 28.6 Å². The van der Waals surface area contributed by atoms with Crippen LogP contribution in [0.3, 0.4) is 0 Å². The van der Waals surface area contributed by atoms with Gasteiger partial charge in [-0.3, -0.25) is 4.79 Å². The van der Waals surface area contributed by atoms with Crippen LogP contribution in [-0.4, -0.2) is 30.2 Å². The predicted octanol–water partition coefficient (Wildman–Crippen LogP) is 2.09. The predicted molar refractivity (Wildman–Crippen MR) is 71.9 cm³/mol. The second kappa shape index (κ2) is 6.01. The molecule has 20 heavy (non-hydrogen) atoms. The van der Waals surface area contributed by atoms with Crippen molar-refractivity contribution in [2.75, 3.05) is 14.2 Å². The maximum Gasteiger partial charge on any atom is 0.308 e. The molecule has 1 aromatic heterocycles. The van der Waals surface area contributed by atoms with Crippen molar-refractivity contribution >= 4 is 5.97 Å². The van der Waals surface area contributed by atoms with Crippen molar-refractivity contribution in [3.05, 3.63) is 30.6 Å². The maximum atomic E-state index is 11.2. The molecule has 6 nitrogen and oxygen atoms in total. The van der Waals surface area contributed by atoms with Crippen molar-refractivity contribution in [3.63, 3.8) is 0 Å². The van der Waals surface area contributed by atoms with Crippen LogP contribution in [0.2, 0.25) is 0 Å². The van der Waals surface area contributed by atoms with Gasteiger partial charge in [-0.05, 0) is 12.1 Å². The third kappa shape index (κ3) is 2.85. The number of nitrogens with zero attached hydrogens (tertiary/aromatic N) is 2. The molecule has 0 saturated carbocycles. The highest BCUT2D eigenvalue weighted by molar-refractivity contribution is 5.76. The lowest BCUT2D eigenvalue weighted by Crippen LogP contribution is -2.04. The molecule has 0 spiro atoms. The van der Waals surface area contributed by atoms with E-state index in [1.165, 1.54) is 21.1 Å². The molecule has 0 N–H and O–H groups in total. The van der Waals surface area contributed by atoms with E-state index in [0.29, 0.717) is 28.6 Å². The fraction of sp³-hybridized carbons (Fsp3) is 0.214. The number of ether oxygens (including phenoxy) is 3. The van der Waals surface area contributed by atoms with Gasteiger partial charge >= 0.3 is 5.97 Å². The van der Waals surface area contributed by atoms with Gasteiger partial charge in [0, 0.05) is 25.4 Å². The molecule has 1 heterocycles. The number of hydrogen-bond donors (Lipinski definition) is 0. The Hall–Kier alpha value is -2.63. The first kappa shape index (κ1) is 13.8. The first-order valence-corrected chi connectivity index (χ1v) is 5.87. The maximum absolute atomic E-state index is 11.2. The molecule has 0 saturated heterocycles. The van der Waals surface area contributed by atoms with E-state index >= 15 is 0 Å². The Morgan fingerprint density at radius 2 is 1.60 bits per heavy atom. The molecule has 0 aliphatic heterocycles. The number of rotatable bonds is 4. The van der Waals surface area contributed by atoms with E-state index in [-0.39, 0.29) is 0 Å². The second-order valence-electron chi connectivity index (χ2n) is 3.87. The van der Waals surface area contributed by atoms with E-state index in [4.69, 9.17) is 14.2 Å². The summed E-state index contributed by atoms with van der Waals surface area (Å²) in [5.41, 5.74) is 0.554. The van der Waals surface area contributed by atoms with Gasteiger partial charge in [0.2, 0.25) is 0 Å². The van der Waals surface area contributed by atoms with Gasteiger partial charge in [0.05, 0.1) is 19.8 Å². The largest absolute Gasteiger partial charge is 0.493 e. The highest BCUT2D eigenvalue weighted by Crippen LogP contribution is 2.38. The van der Waals surface area contributed by atoms with Crippen LogP contribution in [0.15, 0.2) is 30.6 Å².